The Morgan fingerprint density at radius 3 is 2.68 bits per heavy atom. The van der Waals surface area contributed by atoms with Crippen LogP contribution in [0.5, 0.6) is 0 Å². The van der Waals surface area contributed by atoms with Crippen molar-refractivity contribution < 1.29 is 14.1 Å². The van der Waals surface area contributed by atoms with Crippen LogP contribution in [0.25, 0.3) is 22.7 Å². The van der Waals surface area contributed by atoms with Crippen molar-refractivity contribution >= 4 is 51.5 Å². The van der Waals surface area contributed by atoms with E-state index in [0.29, 0.717) is 28.5 Å². The number of hydrogen-bond donors (Lipinski definition) is 2. The first-order valence-electron chi connectivity index (χ1n) is 11.9. The van der Waals surface area contributed by atoms with E-state index in [0.717, 1.165) is 43.5 Å². The minimum absolute atomic E-state index is 0.0784. The molecular weight excluding hydrogens is 492 g/mol. The summed E-state index contributed by atoms with van der Waals surface area (Å²) in [6.45, 7) is 3.42. The van der Waals surface area contributed by atoms with Gasteiger partial charge in [0.25, 0.3) is 11.6 Å². The standard InChI is InChI=1S/C26H24N6O4S/c1-16-14-18(25-29-23-22(36-25)6-5-11-27-23)7-9-19(16)28-26(37)30-24(33)17-8-10-20(21(15-17)32(34)35)31-12-3-2-4-13-31/h5-11,14-15H,2-4,12-13H2,1H3,(H2,28,30,33,37). The van der Waals surface area contributed by atoms with Crippen molar-refractivity contribution in [3.05, 3.63) is 76.0 Å². The van der Waals surface area contributed by atoms with Gasteiger partial charge in [0.2, 0.25) is 5.89 Å². The first-order valence-corrected chi connectivity index (χ1v) is 12.3. The Hall–Kier alpha value is -4.38. The van der Waals surface area contributed by atoms with Gasteiger partial charge in [-0.05, 0) is 86.4 Å². The molecule has 11 heteroatoms. The van der Waals surface area contributed by atoms with Crippen molar-refractivity contribution in [2.45, 2.75) is 26.2 Å². The molecule has 1 fully saturated rings. The molecule has 0 radical (unpaired) electrons. The molecule has 1 aliphatic rings. The maximum atomic E-state index is 12.8. The quantitative estimate of drug-likeness (QED) is 0.208. The predicted octanol–water partition coefficient (Wildman–Crippen LogP) is 5.22. The van der Waals surface area contributed by atoms with Gasteiger partial charge in [0.1, 0.15) is 5.69 Å². The zero-order chi connectivity index (χ0) is 25.9. The predicted molar refractivity (Wildman–Crippen MR) is 145 cm³/mol. The number of nitro groups is 1. The summed E-state index contributed by atoms with van der Waals surface area (Å²) in [6.07, 6.45) is 4.76. The van der Waals surface area contributed by atoms with Crippen molar-refractivity contribution in [2.75, 3.05) is 23.3 Å². The lowest BCUT2D eigenvalue weighted by atomic mass is 10.1. The number of nitrogens with one attached hydrogen (secondary N) is 2. The normalized spacial score (nSPS) is 13.4. The summed E-state index contributed by atoms with van der Waals surface area (Å²) < 4.78 is 5.78. The molecule has 1 aliphatic heterocycles. The first kappa shape index (κ1) is 24.3. The third-order valence-electron chi connectivity index (χ3n) is 6.24. The Labute approximate surface area is 217 Å². The Morgan fingerprint density at radius 2 is 1.95 bits per heavy atom. The summed E-state index contributed by atoms with van der Waals surface area (Å²) in [4.78, 5) is 34.7. The molecule has 1 amide bonds. The number of fused-ring (bicyclic) bond motifs is 1. The second kappa shape index (κ2) is 10.3. The zero-order valence-electron chi connectivity index (χ0n) is 20.1. The van der Waals surface area contributed by atoms with E-state index in [2.05, 4.69) is 20.6 Å². The number of rotatable bonds is 5. The summed E-state index contributed by atoms with van der Waals surface area (Å²) >= 11 is 5.33. The highest BCUT2D eigenvalue weighted by Gasteiger charge is 2.23. The smallest absolute Gasteiger partial charge is 0.293 e. The van der Waals surface area contributed by atoms with Crippen LogP contribution >= 0.6 is 12.2 Å². The largest absolute Gasteiger partial charge is 0.434 e. The lowest BCUT2D eigenvalue weighted by Gasteiger charge is -2.28. The molecule has 0 unspecified atom stereocenters. The highest BCUT2D eigenvalue weighted by Crippen LogP contribution is 2.31. The molecule has 4 aromatic rings. The van der Waals surface area contributed by atoms with Gasteiger partial charge in [-0.3, -0.25) is 20.2 Å². The molecule has 188 valence electrons. The van der Waals surface area contributed by atoms with Gasteiger partial charge < -0.3 is 14.6 Å². The molecule has 5 rings (SSSR count). The van der Waals surface area contributed by atoms with Gasteiger partial charge in [-0.25, -0.2) is 4.98 Å². The van der Waals surface area contributed by atoms with E-state index < -0.39 is 10.8 Å². The Balaban J connectivity index is 1.27. The summed E-state index contributed by atoms with van der Waals surface area (Å²) in [5, 5.41) is 17.4. The van der Waals surface area contributed by atoms with Crippen LogP contribution in [-0.4, -0.2) is 39.0 Å². The second-order valence-corrected chi connectivity index (χ2v) is 9.20. The second-order valence-electron chi connectivity index (χ2n) is 8.79. The number of hydrogen-bond acceptors (Lipinski definition) is 8. The van der Waals surface area contributed by atoms with Crippen molar-refractivity contribution in [1.29, 1.82) is 0 Å². The van der Waals surface area contributed by atoms with Gasteiger partial charge in [-0.2, -0.15) is 4.98 Å². The molecule has 37 heavy (non-hydrogen) atoms. The van der Waals surface area contributed by atoms with Gasteiger partial charge in [-0.1, -0.05) is 0 Å². The van der Waals surface area contributed by atoms with Gasteiger partial charge in [-0.15, -0.1) is 0 Å². The number of amides is 1. The fourth-order valence-electron chi connectivity index (χ4n) is 4.37. The average Bonchev–Trinajstić information content (AvgIpc) is 3.34. The van der Waals surface area contributed by atoms with Crippen LogP contribution in [0.15, 0.2) is 59.1 Å². The van der Waals surface area contributed by atoms with Crippen molar-refractivity contribution in [3.8, 4) is 11.5 Å². The summed E-state index contributed by atoms with van der Waals surface area (Å²) in [5.41, 5.74) is 4.06. The van der Waals surface area contributed by atoms with E-state index in [1.54, 1.807) is 30.5 Å². The Morgan fingerprint density at radius 1 is 1.14 bits per heavy atom. The molecule has 0 saturated carbocycles. The number of pyridine rings is 1. The summed E-state index contributed by atoms with van der Waals surface area (Å²) in [7, 11) is 0. The van der Waals surface area contributed by atoms with E-state index in [4.69, 9.17) is 16.6 Å². The maximum Gasteiger partial charge on any atom is 0.293 e. The molecule has 0 spiro atoms. The number of thiocarbonyl (C=S) groups is 1. The molecule has 1 saturated heterocycles. The van der Waals surface area contributed by atoms with Crippen LogP contribution in [0.4, 0.5) is 17.1 Å². The molecule has 0 bridgehead atoms. The number of aromatic nitrogens is 2. The topological polar surface area (TPSA) is 126 Å². The molecule has 2 aromatic carbocycles. The third-order valence-corrected chi connectivity index (χ3v) is 6.45. The van der Waals surface area contributed by atoms with Crippen LogP contribution in [0.3, 0.4) is 0 Å². The van der Waals surface area contributed by atoms with Crippen LogP contribution in [-0.2, 0) is 0 Å². The number of nitro benzene ring substituents is 1. The molecule has 10 nitrogen and oxygen atoms in total. The number of benzene rings is 2. The number of piperidine rings is 1. The van der Waals surface area contributed by atoms with Crippen LogP contribution in [0.1, 0.15) is 35.2 Å². The fraction of sp³-hybridized carbons (Fsp3) is 0.231. The number of anilines is 2. The number of nitrogens with zero attached hydrogens (tertiary/aromatic N) is 4. The number of aryl methyl sites for hydroxylation is 1. The lowest BCUT2D eigenvalue weighted by molar-refractivity contribution is -0.384. The molecular formula is C26H24N6O4S. The van der Waals surface area contributed by atoms with Gasteiger partial charge in [0.15, 0.2) is 16.3 Å². The molecule has 2 N–H and O–H groups in total. The van der Waals surface area contributed by atoms with Crippen molar-refractivity contribution in [1.82, 2.24) is 15.3 Å². The van der Waals surface area contributed by atoms with Crippen LogP contribution in [0, 0.1) is 17.0 Å². The monoisotopic (exact) mass is 516 g/mol. The van der Waals surface area contributed by atoms with Gasteiger partial charge in [0, 0.05) is 42.2 Å². The first-order chi connectivity index (χ1) is 17.9. The van der Waals surface area contributed by atoms with E-state index in [1.165, 1.54) is 6.07 Å². The van der Waals surface area contributed by atoms with E-state index in [9.17, 15) is 14.9 Å². The van der Waals surface area contributed by atoms with E-state index >= 15 is 0 Å². The highest BCUT2D eigenvalue weighted by molar-refractivity contribution is 7.80. The molecule has 2 aromatic heterocycles. The maximum absolute atomic E-state index is 12.8. The zero-order valence-corrected chi connectivity index (χ0v) is 20.9. The molecule has 0 aliphatic carbocycles. The minimum Gasteiger partial charge on any atom is -0.434 e. The van der Waals surface area contributed by atoms with Gasteiger partial charge >= 0.3 is 0 Å². The Bertz CT molecular complexity index is 1480. The van der Waals surface area contributed by atoms with Gasteiger partial charge in [0.05, 0.1) is 4.92 Å². The SMILES string of the molecule is Cc1cc(-c2nc3ncccc3o2)ccc1NC(=S)NC(=O)c1ccc(N2CCCCC2)c([N+](=O)[O-])c1. The minimum atomic E-state index is -0.529. The fourth-order valence-corrected chi connectivity index (χ4v) is 4.57. The molecule has 0 atom stereocenters. The average molecular weight is 517 g/mol. The van der Waals surface area contributed by atoms with E-state index in [-0.39, 0.29) is 16.4 Å². The number of carbonyl (C=O) groups excluding carboxylic acids is 1. The molecule has 3 heterocycles. The number of oxazole rings is 1. The third kappa shape index (κ3) is 5.26. The Kier molecular flexibility index (Phi) is 6.78. The summed E-state index contributed by atoms with van der Waals surface area (Å²) in [5.74, 6) is -0.0760. The lowest BCUT2D eigenvalue weighted by Crippen LogP contribution is -2.34. The van der Waals surface area contributed by atoms with Crippen molar-refractivity contribution in [3.63, 3.8) is 0 Å². The van der Waals surface area contributed by atoms with Crippen LogP contribution in [0.2, 0.25) is 0 Å². The van der Waals surface area contributed by atoms with Crippen LogP contribution < -0.4 is 15.5 Å². The summed E-state index contributed by atoms with van der Waals surface area (Å²) in [6, 6.07) is 13.6. The van der Waals surface area contributed by atoms with Crippen molar-refractivity contribution in [2.24, 2.45) is 0 Å². The van der Waals surface area contributed by atoms with E-state index in [1.807, 2.05) is 30.0 Å². The number of carbonyl (C=O) groups is 1. The highest BCUT2D eigenvalue weighted by atomic mass is 32.1.